The van der Waals surface area contributed by atoms with Gasteiger partial charge in [-0.25, -0.2) is 0 Å². The fourth-order valence-corrected chi connectivity index (χ4v) is 2.73. The van der Waals surface area contributed by atoms with Crippen molar-refractivity contribution in [2.75, 3.05) is 46.4 Å². The molecule has 1 aromatic carbocycles. The number of likely N-dealkylation sites (N-methyl/N-ethyl adjacent to an activating group) is 1. The number of ether oxygens (including phenoxy) is 1. The highest BCUT2D eigenvalue weighted by molar-refractivity contribution is 6.30. The van der Waals surface area contributed by atoms with Gasteiger partial charge in [0, 0.05) is 43.3 Å². The summed E-state index contributed by atoms with van der Waals surface area (Å²) in [6.07, 6.45) is -0.422. The van der Waals surface area contributed by atoms with Crippen LogP contribution in [0.2, 0.25) is 5.02 Å². The van der Waals surface area contributed by atoms with Crippen molar-refractivity contribution in [3.63, 3.8) is 0 Å². The van der Waals surface area contributed by atoms with Gasteiger partial charge in [-0.3, -0.25) is 9.80 Å². The summed E-state index contributed by atoms with van der Waals surface area (Å²) >= 11 is 5.94. The molecule has 1 aromatic rings. The van der Waals surface area contributed by atoms with E-state index in [9.17, 15) is 10.2 Å². The van der Waals surface area contributed by atoms with Gasteiger partial charge >= 0.3 is 0 Å². The molecule has 0 radical (unpaired) electrons. The van der Waals surface area contributed by atoms with Crippen LogP contribution >= 0.6 is 11.6 Å². The van der Waals surface area contributed by atoms with Crippen molar-refractivity contribution >= 4 is 11.6 Å². The van der Waals surface area contributed by atoms with E-state index in [0.29, 0.717) is 24.7 Å². The monoisotopic (exact) mass is 314 g/mol. The minimum atomic E-state index is -0.422. The molecule has 2 rings (SSSR count). The van der Waals surface area contributed by atoms with Gasteiger partial charge in [-0.15, -0.1) is 0 Å². The summed E-state index contributed by atoms with van der Waals surface area (Å²) in [6.45, 7) is 4.95. The Morgan fingerprint density at radius 2 is 2.10 bits per heavy atom. The molecule has 1 aliphatic heterocycles. The van der Waals surface area contributed by atoms with Crippen molar-refractivity contribution in [1.29, 1.82) is 0 Å². The number of morpholine rings is 1. The zero-order chi connectivity index (χ0) is 15.2. The molecule has 1 saturated heterocycles. The number of phenolic OH excluding ortho intramolecular Hbond substituents is 1. The molecule has 1 fully saturated rings. The second-order valence-corrected chi connectivity index (χ2v) is 5.97. The van der Waals surface area contributed by atoms with Crippen molar-refractivity contribution in [3.05, 3.63) is 28.8 Å². The molecule has 1 atom stereocenters. The maximum atomic E-state index is 10.2. The average molecular weight is 315 g/mol. The maximum Gasteiger partial charge on any atom is 0.120 e. The van der Waals surface area contributed by atoms with Crippen LogP contribution in [0.5, 0.6) is 5.75 Å². The predicted molar refractivity (Wildman–Crippen MR) is 82.7 cm³/mol. The topological polar surface area (TPSA) is 56.2 Å². The third-order valence-corrected chi connectivity index (χ3v) is 3.81. The van der Waals surface area contributed by atoms with E-state index in [-0.39, 0.29) is 5.75 Å². The zero-order valence-electron chi connectivity index (χ0n) is 12.3. The van der Waals surface area contributed by atoms with Crippen molar-refractivity contribution in [1.82, 2.24) is 9.80 Å². The minimum absolute atomic E-state index is 0.230. The number of hydrogen-bond donors (Lipinski definition) is 2. The van der Waals surface area contributed by atoms with E-state index < -0.39 is 6.10 Å². The highest BCUT2D eigenvalue weighted by atomic mass is 35.5. The number of halogens is 1. The van der Waals surface area contributed by atoms with Gasteiger partial charge in [0.15, 0.2) is 0 Å². The third-order valence-electron chi connectivity index (χ3n) is 3.58. The number of hydrogen-bond acceptors (Lipinski definition) is 5. The fraction of sp³-hybridized carbons (Fsp3) is 0.600. The van der Waals surface area contributed by atoms with Crippen LogP contribution in [0, 0.1) is 0 Å². The Morgan fingerprint density at radius 1 is 1.38 bits per heavy atom. The summed E-state index contributed by atoms with van der Waals surface area (Å²) < 4.78 is 5.29. The second-order valence-electron chi connectivity index (χ2n) is 5.54. The van der Waals surface area contributed by atoms with E-state index in [1.54, 1.807) is 18.2 Å². The number of aromatic hydroxyl groups is 1. The molecule has 118 valence electrons. The first-order valence-corrected chi connectivity index (χ1v) is 7.56. The van der Waals surface area contributed by atoms with E-state index in [4.69, 9.17) is 16.3 Å². The summed E-state index contributed by atoms with van der Waals surface area (Å²) in [7, 11) is 1.92. The molecule has 0 spiro atoms. The Morgan fingerprint density at radius 3 is 2.81 bits per heavy atom. The molecule has 1 aliphatic rings. The van der Waals surface area contributed by atoms with Crippen LogP contribution in [-0.4, -0.2) is 72.6 Å². The summed E-state index contributed by atoms with van der Waals surface area (Å²) in [5, 5.41) is 20.6. The molecule has 6 heteroatoms. The lowest BCUT2D eigenvalue weighted by atomic mass is 10.2. The first-order valence-electron chi connectivity index (χ1n) is 7.18. The summed E-state index contributed by atoms with van der Waals surface area (Å²) in [6, 6.07) is 5.01. The second kappa shape index (κ2) is 7.96. The van der Waals surface area contributed by atoms with Crippen LogP contribution in [0.3, 0.4) is 0 Å². The molecular weight excluding hydrogens is 292 g/mol. The van der Waals surface area contributed by atoms with Crippen LogP contribution in [0.15, 0.2) is 18.2 Å². The van der Waals surface area contributed by atoms with Crippen LogP contribution in [-0.2, 0) is 11.3 Å². The summed E-state index contributed by atoms with van der Waals surface area (Å²) in [5.74, 6) is 0.230. The highest BCUT2D eigenvalue weighted by Gasteiger charge is 2.16. The van der Waals surface area contributed by atoms with Crippen molar-refractivity contribution in [3.8, 4) is 5.75 Å². The van der Waals surface area contributed by atoms with Gasteiger partial charge in [0.1, 0.15) is 5.75 Å². The maximum absolute atomic E-state index is 10.2. The van der Waals surface area contributed by atoms with Crippen molar-refractivity contribution in [2.45, 2.75) is 12.6 Å². The largest absolute Gasteiger partial charge is 0.508 e. The number of benzene rings is 1. The van der Waals surface area contributed by atoms with E-state index in [2.05, 4.69) is 4.90 Å². The van der Waals surface area contributed by atoms with Gasteiger partial charge in [-0.1, -0.05) is 11.6 Å². The van der Waals surface area contributed by atoms with E-state index in [1.807, 2.05) is 11.9 Å². The number of phenols is 1. The molecule has 0 amide bonds. The molecule has 21 heavy (non-hydrogen) atoms. The molecule has 1 heterocycles. The first-order chi connectivity index (χ1) is 10.0. The number of aliphatic hydroxyl groups is 1. The summed E-state index contributed by atoms with van der Waals surface area (Å²) in [4.78, 5) is 4.19. The lowest BCUT2D eigenvalue weighted by molar-refractivity contribution is 0.00821. The van der Waals surface area contributed by atoms with E-state index >= 15 is 0 Å². The fourth-order valence-electron chi connectivity index (χ4n) is 2.54. The van der Waals surface area contributed by atoms with Gasteiger partial charge < -0.3 is 14.9 Å². The molecule has 0 aromatic heterocycles. The third kappa shape index (κ3) is 5.45. The Kier molecular flexibility index (Phi) is 6.26. The predicted octanol–water partition coefficient (Wildman–Crippen LogP) is 1.17. The highest BCUT2D eigenvalue weighted by Crippen LogP contribution is 2.22. The van der Waals surface area contributed by atoms with Gasteiger partial charge in [0.25, 0.3) is 0 Å². The number of aliphatic hydroxyl groups excluding tert-OH is 1. The SMILES string of the molecule is CN(Cc1cc(Cl)ccc1O)CC(O)CN1CCOCC1. The van der Waals surface area contributed by atoms with Gasteiger partial charge in [-0.2, -0.15) is 0 Å². The molecule has 0 aliphatic carbocycles. The Labute approximate surface area is 130 Å². The Bertz CT molecular complexity index is 453. The minimum Gasteiger partial charge on any atom is -0.508 e. The van der Waals surface area contributed by atoms with Crippen molar-refractivity contribution in [2.24, 2.45) is 0 Å². The lowest BCUT2D eigenvalue weighted by Gasteiger charge is -2.30. The van der Waals surface area contributed by atoms with Gasteiger partial charge in [-0.05, 0) is 25.2 Å². The Balaban J connectivity index is 1.80. The number of nitrogens with zero attached hydrogens (tertiary/aromatic N) is 2. The van der Waals surface area contributed by atoms with Crippen LogP contribution in [0.25, 0.3) is 0 Å². The zero-order valence-corrected chi connectivity index (χ0v) is 13.1. The molecule has 2 N–H and O–H groups in total. The molecule has 5 nitrogen and oxygen atoms in total. The number of β-amino-alcohol motifs (C(OH)–C–C–N with tert-alkyl or cyclic N) is 1. The molecular formula is C15H23ClN2O3. The molecule has 1 unspecified atom stereocenters. The van der Waals surface area contributed by atoms with Gasteiger partial charge in [0.2, 0.25) is 0 Å². The first kappa shape index (κ1) is 16.5. The quantitative estimate of drug-likeness (QED) is 0.825. The van der Waals surface area contributed by atoms with Crippen LogP contribution in [0.4, 0.5) is 0 Å². The Hall–Kier alpha value is -0.850. The average Bonchev–Trinajstić information content (AvgIpc) is 2.43. The van der Waals surface area contributed by atoms with Gasteiger partial charge in [0.05, 0.1) is 19.3 Å². The molecule has 0 saturated carbocycles. The number of rotatable bonds is 6. The lowest BCUT2D eigenvalue weighted by Crippen LogP contribution is -2.43. The summed E-state index contributed by atoms with van der Waals surface area (Å²) in [5.41, 5.74) is 0.767. The van der Waals surface area contributed by atoms with Crippen LogP contribution < -0.4 is 0 Å². The molecule has 0 bridgehead atoms. The standard InChI is InChI=1S/C15H23ClN2O3/c1-17(9-12-8-13(16)2-3-15(12)20)10-14(19)11-18-4-6-21-7-5-18/h2-3,8,14,19-20H,4-7,9-11H2,1H3. The smallest absolute Gasteiger partial charge is 0.120 e. The normalized spacial score (nSPS) is 18.1. The van der Waals surface area contributed by atoms with Crippen molar-refractivity contribution < 1.29 is 14.9 Å². The van der Waals surface area contributed by atoms with Crippen LogP contribution in [0.1, 0.15) is 5.56 Å². The van der Waals surface area contributed by atoms with E-state index in [0.717, 1.165) is 31.9 Å². The van der Waals surface area contributed by atoms with E-state index in [1.165, 1.54) is 0 Å².